The van der Waals surface area contributed by atoms with Gasteiger partial charge in [0.15, 0.2) is 0 Å². The summed E-state index contributed by atoms with van der Waals surface area (Å²) in [6.45, 7) is 2.53. The topological polar surface area (TPSA) is 26.3 Å². The van der Waals surface area contributed by atoms with E-state index in [0.717, 1.165) is 43.4 Å². The molecule has 0 atom stereocenters. The van der Waals surface area contributed by atoms with Crippen LogP contribution in [0.2, 0.25) is 0 Å². The third-order valence-corrected chi connectivity index (χ3v) is 3.84. The summed E-state index contributed by atoms with van der Waals surface area (Å²) in [4.78, 5) is 11.8. The van der Waals surface area contributed by atoms with Gasteiger partial charge in [-0.15, -0.1) is 0 Å². The minimum atomic E-state index is -4.35. The van der Waals surface area contributed by atoms with E-state index in [2.05, 4.69) is 6.92 Å². The van der Waals surface area contributed by atoms with Gasteiger partial charge in [-0.1, -0.05) is 50.5 Å². The lowest BCUT2D eigenvalue weighted by Crippen LogP contribution is -2.09. The maximum absolute atomic E-state index is 12.7. The summed E-state index contributed by atoms with van der Waals surface area (Å²) in [5.74, 6) is -0.308. The second-order valence-corrected chi connectivity index (χ2v) is 5.85. The monoisotopic (exact) mass is 338 g/mol. The van der Waals surface area contributed by atoms with Crippen LogP contribution in [-0.4, -0.2) is 12.6 Å². The standard InChI is InChI=1S/C19H21F3O2/c1-2-3-4-5-10-24-18(23)12-14-6-7-16-13-17(19(20,21)22)9-8-15(16)11-14/h6-9,11,13H,2-5,10,12H2,1H3. The van der Waals surface area contributed by atoms with Gasteiger partial charge in [-0.25, -0.2) is 0 Å². The van der Waals surface area contributed by atoms with Crippen molar-refractivity contribution in [2.45, 2.75) is 45.2 Å². The molecule has 0 aliphatic carbocycles. The van der Waals surface area contributed by atoms with E-state index in [1.807, 2.05) is 0 Å². The molecule has 130 valence electrons. The summed E-state index contributed by atoms with van der Waals surface area (Å²) in [6, 6.07) is 8.60. The minimum Gasteiger partial charge on any atom is -0.465 e. The number of carbonyl (C=O) groups excluding carboxylic acids is 1. The number of benzene rings is 2. The van der Waals surface area contributed by atoms with Gasteiger partial charge < -0.3 is 4.74 Å². The highest BCUT2D eigenvalue weighted by molar-refractivity contribution is 5.85. The molecule has 2 nitrogen and oxygen atoms in total. The van der Waals surface area contributed by atoms with E-state index in [1.54, 1.807) is 18.2 Å². The molecule has 0 radical (unpaired) electrons. The van der Waals surface area contributed by atoms with E-state index >= 15 is 0 Å². The van der Waals surface area contributed by atoms with Gasteiger partial charge in [0.05, 0.1) is 18.6 Å². The second kappa shape index (κ2) is 8.18. The summed E-state index contributed by atoms with van der Waals surface area (Å²) in [5.41, 5.74) is 0.0649. The average Bonchev–Trinajstić information content (AvgIpc) is 2.53. The maximum atomic E-state index is 12.7. The van der Waals surface area contributed by atoms with E-state index in [1.165, 1.54) is 6.07 Å². The Hall–Kier alpha value is -2.04. The van der Waals surface area contributed by atoms with Crippen molar-refractivity contribution in [3.05, 3.63) is 47.5 Å². The summed E-state index contributed by atoms with van der Waals surface area (Å²) < 4.78 is 43.3. The molecule has 0 N–H and O–H groups in total. The summed E-state index contributed by atoms with van der Waals surface area (Å²) >= 11 is 0. The van der Waals surface area contributed by atoms with Crippen LogP contribution >= 0.6 is 0 Å². The number of halogens is 3. The van der Waals surface area contributed by atoms with Gasteiger partial charge in [-0.3, -0.25) is 4.79 Å². The quantitative estimate of drug-likeness (QED) is 0.490. The summed E-state index contributed by atoms with van der Waals surface area (Å²) in [6.07, 6.45) is -0.0682. The van der Waals surface area contributed by atoms with Crippen LogP contribution in [0.1, 0.15) is 43.7 Å². The molecule has 0 aliphatic rings. The molecule has 0 heterocycles. The Balaban J connectivity index is 1.97. The van der Waals surface area contributed by atoms with E-state index in [4.69, 9.17) is 4.74 Å². The number of rotatable bonds is 7. The first-order valence-corrected chi connectivity index (χ1v) is 8.15. The van der Waals surface area contributed by atoms with Crippen molar-refractivity contribution < 1.29 is 22.7 Å². The molecule has 0 aliphatic heterocycles. The Kier molecular flexibility index (Phi) is 6.23. The van der Waals surface area contributed by atoms with Gasteiger partial charge in [-0.05, 0) is 34.9 Å². The molecule has 0 spiro atoms. The third kappa shape index (κ3) is 5.25. The Bertz CT molecular complexity index is 693. The van der Waals surface area contributed by atoms with Crippen molar-refractivity contribution in [2.24, 2.45) is 0 Å². The maximum Gasteiger partial charge on any atom is 0.416 e. The van der Waals surface area contributed by atoms with Crippen LogP contribution in [0.15, 0.2) is 36.4 Å². The molecule has 5 heteroatoms. The highest BCUT2D eigenvalue weighted by atomic mass is 19.4. The largest absolute Gasteiger partial charge is 0.465 e. The SMILES string of the molecule is CCCCCCOC(=O)Cc1ccc2cc(C(F)(F)F)ccc2c1. The zero-order chi connectivity index (χ0) is 17.6. The van der Waals surface area contributed by atoms with Crippen molar-refractivity contribution in [3.63, 3.8) is 0 Å². The summed E-state index contributed by atoms with van der Waals surface area (Å²) in [5, 5.41) is 1.18. The van der Waals surface area contributed by atoms with E-state index in [-0.39, 0.29) is 12.4 Å². The second-order valence-electron chi connectivity index (χ2n) is 5.85. The van der Waals surface area contributed by atoms with Crippen molar-refractivity contribution in [1.29, 1.82) is 0 Å². The number of unbranched alkanes of at least 4 members (excludes halogenated alkanes) is 3. The molecule has 0 fully saturated rings. The van der Waals surface area contributed by atoms with Gasteiger partial charge in [0.2, 0.25) is 0 Å². The number of esters is 1. The molecule has 2 aromatic carbocycles. The van der Waals surface area contributed by atoms with Crippen LogP contribution in [0, 0.1) is 0 Å². The predicted octanol–water partition coefficient (Wildman–Crippen LogP) is 5.52. The molecule has 0 amide bonds. The Morgan fingerprint density at radius 2 is 1.71 bits per heavy atom. The first kappa shape index (κ1) is 18.3. The highest BCUT2D eigenvalue weighted by Gasteiger charge is 2.30. The van der Waals surface area contributed by atoms with Crippen LogP contribution in [0.25, 0.3) is 10.8 Å². The molecule has 0 saturated heterocycles. The van der Waals surface area contributed by atoms with Crippen molar-refractivity contribution in [1.82, 2.24) is 0 Å². The molecule has 2 aromatic rings. The van der Waals surface area contributed by atoms with E-state index < -0.39 is 11.7 Å². The Labute approximate surface area is 139 Å². The lowest BCUT2D eigenvalue weighted by atomic mass is 10.0. The van der Waals surface area contributed by atoms with Crippen molar-refractivity contribution in [2.75, 3.05) is 6.61 Å². The fourth-order valence-electron chi connectivity index (χ4n) is 2.51. The zero-order valence-electron chi connectivity index (χ0n) is 13.7. The fraction of sp³-hybridized carbons (Fsp3) is 0.421. The van der Waals surface area contributed by atoms with Crippen LogP contribution < -0.4 is 0 Å². The molecular weight excluding hydrogens is 317 g/mol. The summed E-state index contributed by atoms with van der Waals surface area (Å²) in [7, 11) is 0. The van der Waals surface area contributed by atoms with Gasteiger partial charge in [0, 0.05) is 0 Å². The Morgan fingerprint density at radius 1 is 1.00 bits per heavy atom. The number of alkyl halides is 3. The number of carbonyl (C=O) groups is 1. The lowest BCUT2D eigenvalue weighted by molar-refractivity contribution is -0.143. The number of ether oxygens (including phenoxy) is 1. The van der Waals surface area contributed by atoms with Crippen LogP contribution in [0.4, 0.5) is 13.2 Å². The van der Waals surface area contributed by atoms with Crippen LogP contribution in [0.3, 0.4) is 0 Å². The number of fused-ring (bicyclic) bond motifs is 1. The normalized spacial score (nSPS) is 11.7. The average molecular weight is 338 g/mol. The van der Waals surface area contributed by atoms with Crippen LogP contribution in [-0.2, 0) is 22.1 Å². The van der Waals surface area contributed by atoms with E-state index in [9.17, 15) is 18.0 Å². The highest BCUT2D eigenvalue weighted by Crippen LogP contribution is 2.31. The van der Waals surface area contributed by atoms with Gasteiger partial charge in [0.1, 0.15) is 0 Å². The number of hydrogen-bond acceptors (Lipinski definition) is 2. The van der Waals surface area contributed by atoms with Gasteiger partial charge in [-0.2, -0.15) is 13.2 Å². The predicted molar refractivity (Wildman–Crippen MR) is 87.8 cm³/mol. The van der Waals surface area contributed by atoms with Gasteiger partial charge in [0.25, 0.3) is 0 Å². The van der Waals surface area contributed by atoms with Crippen LogP contribution in [0.5, 0.6) is 0 Å². The smallest absolute Gasteiger partial charge is 0.416 e. The Morgan fingerprint density at radius 3 is 2.42 bits per heavy atom. The molecule has 24 heavy (non-hydrogen) atoms. The first-order valence-electron chi connectivity index (χ1n) is 8.15. The van der Waals surface area contributed by atoms with Crippen molar-refractivity contribution >= 4 is 16.7 Å². The van der Waals surface area contributed by atoms with Crippen molar-refractivity contribution in [3.8, 4) is 0 Å². The third-order valence-electron chi connectivity index (χ3n) is 3.84. The molecule has 0 bridgehead atoms. The first-order chi connectivity index (χ1) is 11.4. The molecule has 0 saturated carbocycles. The zero-order valence-corrected chi connectivity index (χ0v) is 13.7. The number of hydrogen-bond donors (Lipinski definition) is 0. The fourth-order valence-corrected chi connectivity index (χ4v) is 2.51. The van der Waals surface area contributed by atoms with Gasteiger partial charge >= 0.3 is 12.1 Å². The molecule has 0 unspecified atom stereocenters. The molecule has 0 aromatic heterocycles. The minimum absolute atomic E-state index is 0.130. The van der Waals surface area contributed by atoms with E-state index in [0.29, 0.717) is 17.4 Å². The lowest BCUT2D eigenvalue weighted by Gasteiger charge is -2.09. The molecular formula is C19H21F3O2. The molecule has 2 rings (SSSR count).